The van der Waals surface area contributed by atoms with Gasteiger partial charge in [-0.1, -0.05) is 0 Å². The number of hydrogen-bond donors (Lipinski definition) is 10. The summed E-state index contributed by atoms with van der Waals surface area (Å²) in [5.74, 6) is 13.8. The van der Waals surface area contributed by atoms with Crippen molar-refractivity contribution in [2.24, 2.45) is 29.5 Å². The summed E-state index contributed by atoms with van der Waals surface area (Å²) in [6, 6.07) is 0. The van der Waals surface area contributed by atoms with Crippen molar-refractivity contribution in [2.75, 3.05) is 118 Å². The van der Waals surface area contributed by atoms with Crippen molar-refractivity contribution in [3.05, 3.63) is 0 Å². The molecule has 0 aromatic heterocycles. The molecule has 0 rings (SSSR count). The highest BCUT2D eigenvalue weighted by Crippen LogP contribution is 2.00. The van der Waals surface area contributed by atoms with Crippen LogP contribution in [-0.4, -0.2) is 232 Å². The summed E-state index contributed by atoms with van der Waals surface area (Å²) in [5, 5.41) is 44.1. The molecule has 0 heterocycles. The second-order valence-electron chi connectivity index (χ2n) is 11.8. The Morgan fingerprint density at radius 3 is 0.593 bits per heavy atom. The van der Waals surface area contributed by atoms with Crippen LogP contribution in [0.25, 0.3) is 0 Å². The number of carbonyl (C=O) groups excluding carboxylic acids is 5. The van der Waals surface area contributed by atoms with Crippen molar-refractivity contribution in [3.63, 3.8) is 0 Å². The number of carboxylic acid groups (broad SMARTS) is 5. The van der Waals surface area contributed by atoms with Crippen LogP contribution in [0.2, 0.25) is 0 Å². The minimum Gasteiger partial charge on any atom is -0.480 e. The van der Waals surface area contributed by atoms with Crippen LogP contribution in [0.5, 0.6) is 0 Å². The Labute approximate surface area is 334 Å². The SMILES string of the molecule is NOC(=O)CN(CCN(CC(=O)ON)CC(=O)ON)CCN(CC(=O)ON)CC(=O)ON.O=C(O)CN(CCN(CC(=O)O)CC(=O)O)CCN(CC(=O)O)CC(=O)O. The third kappa shape index (κ3) is 32.0. The van der Waals surface area contributed by atoms with Gasteiger partial charge in [0.15, 0.2) is 0 Å². The molecule has 0 amide bonds. The van der Waals surface area contributed by atoms with E-state index in [4.69, 9.17) is 55.0 Å². The van der Waals surface area contributed by atoms with Gasteiger partial charge in [0.1, 0.15) is 0 Å². The normalized spacial score (nSPS) is 10.9. The molecule has 31 heteroatoms. The van der Waals surface area contributed by atoms with Gasteiger partial charge in [-0.15, -0.1) is 0 Å². The standard InChI is InChI=1S/C14H28N8O10.C14H23N3O10/c15-28-10(23)5-20(1-3-21(6-11(24)29-16)7-12(25)30-17)2-4-22(8-13(26)31-18)9-14(27)32-19;18-10(19)5-15(1-3-16(6-11(20)21)7-12(22)23)2-4-17(8-13(24)25)9-14(26)27/h1-9,15-19H2;1-9H2,(H,18,19)(H,20,21)(H,22,23)(H,24,25)(H,26,27). The predicted octanol–water partition coefficient (Wildman–Crippen LogP) is -8.71. The Balaban J connectivity index is 0. The number of hydrogen-bond acceptors (Lipinski definition) is 26. The van der Waals surface area contributed by atoms with Crippen LogP contribution in [0.4, 0.5) is 0 Å². The van der Waals surface area contributed by atoms with Crippen LogP contribution in [0, 0.1) is 0 Å². The van der Waals surface area contributed by atoms with Crippen molar-refractivity contribution in [3.8, 4) is 0 Å². The van der Waals surface area contributed by atoms with Crippen molar-refractivity contribution in [1.82, 2.24) is 29.4 Å². The summed E-state index contributed by atoms with van der Waals surface area (Å²) in [5.41, 5.74) is 0. The first kappa shape index (κ1) is 55.4. The van der Waals surface area contributed by atoms with Crippen molar-refractivity contribution in [2.45, 2.75) is 0 Å². The first-order valence-corrected chi connectivity index (χ1v) is 16.6. The molecule has 0 aliphatic rings. The molecule has 0 aromatic rings. The van der Waals surface area contributed by atoms with E-state index >= 15 is 0 Å². The minimum atomic E-state index is -1.24. The van der Waals surface area contributed by atoms with Crippen LogP contribution < -0.4 is 29.5 Å². The van der Waals surface area contributed by atoms with E-state index in [-0.39, 0.29) is 85.1 Å². The average Bonchev–Trinajstić information content (AvgIpc) is 3.15. The van der Waals surface area contributed by atoms with Crippen LogP contribution in [0.3, 0.4) is 0 Å². The van der Waals surface area contributed by atoms with Crippen LogP contribution in [0.1, 0.15) is 0 Å². The highest BCUT2D eigenvalue weighted by Gasteiger charge is 2.22. The largest absolute Gasteiger partial charge is 0.480 e. The lowest BCUT2D eigenvalue weighted by molar-refractivity contribution is -0.150. The lowest BCUT2D eigenvalue weighted by Gasteiger charge is -2.27. The van der Waals surface area contributed by atoms with Gasteiger partial charge in [-0.3, -0.25) is 53.4 Å². The van der Waals surface area contributed by atoms with Crippen LogP contribution in [0.15, 0.2) is 0 Å². The number of carbonyl (C=O) groups is 10. The molecule has 0 aliphatic carbocycles. The number of carboxylic acids is 5. The van der Waals surface area contributed by atoms with Gasteiger partial charge in [0, 0.05) is 52.4 Å². The highest BCUT2D eigenvalue weighted by molar-refractivity contribution is 5.76. The molecule has 0 aromatic carbocycles. The maximum absolute atomic E-state index is 11.6. The van der Waals surface area contributed by atoms with E-state index in [1.54, 1.807) is 0 Å². The molecular formula is C28H51N11O20. The fraction of sp³-hybridized carbons (Fsp3) is 0.643. The molecule has 0 atom stereocenters. The quantitative estimate of drug-likeness (QED) is 0.0281. The third-order valence-electron chi connectivity index (χ3n) is 7.14. The van der Waals surface area contributed by atoms with E-state index in [0.29, 0.717) is 0 Å². The fourth-order valence-corrected chi connectivity index (χ4v) is 4.58. The molecule has 0 saturated heterocycles. The molecule has 0 saturated carbocycles. The third-order valence-corrected chi connectivity index (χ3v) is 7.14. The number of aliphatic carboxylic acids is 5. The zero-order valence-corrected chi connectivity index (χ0v) is 31.7. The van der Waals surface area contributed by atoms with E-state index < -0.39 is 92.4 Å². The zero-order chi connectivity index (χ0) is 45.5. The van der Waals surface area contributed by atoms with Gasteiger partial charge in [-0.05, 0) is 0 Å². The molecule has 338 valence electrons. The fourth-order valence-electron chi connectivity index (χ4n) is 4.58. The molecule has 0 bridgehead atoms. The van der Waals surface area contributed by atoms with Crippen molar-refractivity contribution < 1.29 is 97.7 Å². The Morgan fingerprint density at radius 2 is 0.407 bits per heavy atom. The Bertz CT molecular complexity index is 1240. The zero-order valence-electron chi connectivity index (χ0n) is 31.7. The predicted molar refractivity (Wildman–Crippen MR) is 188 cm³/mol. The maximum Gasteiger partial charge on any atom is 0.338 e. The van der Waals surface area contributed by atoms with Crippen LogP contribution >= 0.6 is 0 Å². The highest BCUT2D eigenvalue weighted by atomic mass is 16.7. The van der Waals surface area contributed by atoms with E-state index in [2.05, 4.69) is 24.2 Å². The first-order valence-electron chi connectivity index (χ1n) is 16.6. The summed E-state index contributed by atoms with van der Waals surface area (Å²) in [6.07, 6.45) is 0. The van der Waals surface area contributed by atoms with Crippen molar-refractivity contribution in [1.29, 1.82) is 0 Å². The van der Waals surface area contributed by atoms with Crippen molar-refractivity contribution >= 4 is 59.7 Å². The molecule has 0 aliphatic heterocycles. The molecule has 15 N–H and O–H groups in total. The van der Waals surface area contributed by atoms with E-state index in [1.807, 2.05) is 0 Å². The van der Waals surface area contributed by atoms with E-state index in [9.17, 15) is 47.9 Å². The lowest BCUT2D eigenvalue weighted by atomic mass is 10.3. The van der Waals surface area contributed by atoms with Gasteiger partial charge in [0.05, 0.1) is 65.4 Å². The van der Waals surface area contributed by atoms with Gasteiger partial charge < -0.3 is 49.7 Å². The smallest absolute Gasteiger partial charge is 0.338 e. The summed E-state index contributed by atoms with van der Waals surface area (Å²) in [7, 11) is 0. The average molecular weight is 862 g/mol. The summed E-state index contributed by atoms with van der Waals surface area (Å²) >= 11 is 0. The van der Waals surface area contributed by atoms with Gasteiger partial charge in [-0.2, -0.15) is 29.5 Å². The minimum absolute atomic E-state index is 0.000836. The monoisotopic (exact) mass is 861 g/mol. The summed E-state index contributed by atoms with van der Waals surface area (Å²) < 4.78 is 0. The molecule has 0 radical (unpaired) electrons. The number of rotatable bonds is 32. The molecule has 0 unspecified atom stereocenters. The number of nitrogens with zero attached hydrogens (tertiary/aromatic N) is 6. The molecular weight excluding hydrogens is 810 g/mol. The lowest BCUT2D eigenvalue weighted by Crippen LogP contribution is -2.46. The molecule has 31 nitrogen and oxygen atoms in total. The molecule has 59 heavy (non-hydrogen) atoms. The van der Waals surface area contributed by atoms with E-state index in [0.717, 1.165) is 9.80 Å². The second-order valence-corrected chi connectivity index (χ2v) is 11.8. The first-order chi connectivity index (χ1) is 27.7. The Kier molecular flexibility index (Phi) is 30.3. The van der Waals surface area contributed by atoms with Gasteiger partial charge in [0.25, 0.3) is 0 Å². The van der Waals surface area contributed by atoms with Gasteiger partial charge >= 0.3 is 59.7 Å². The van der Waals surface area contributed by atoms with Crippen LogP contribution in [-0.2, 0) is 72.1 Å². The molecule has 0 spiro atoms. The second kappa shape index (κ2) is 32.2. The maximum atomic E-state index is 11.6. The molecule has 0 fully saturated rings. The Morgan fingerprint density at radius 1 is 0.271 bits per heavy atom. The van der Waals surface area contributed by atoms with Gasteiger partial charge in [-0.25, -0.2) is 24.0 Å². The van der Waals surface area contributed by atoms with E-state index in [1.165, 1.54) is 19.6 Å². The number of nitrogens with two attached hydrogens (primary N) is 5. The van der Waals surface area contributed by atoms with Gasteiger partial charge in [0.2, 0.25) is 0 Å². The topological polar surface area (TPSA) is 468 Å². The summed E-state index contributed by atoms with van der Waals surface area (Å²) in [6.45, 7) is -4.30. The Hall–Kier alpha value is -5.74. The summed E-state index contributed by atoms with van der Waals surface area (Å²) in [4.78, 5) is 140.